The van der Waals surface area contributed by atoms with Crippen molar-refractivity contribution in [3.8, 4) is 0 Å². The molecule has 0 spiro atoms. The zero-order valence-corrected chi connectivity index (χ0v) is 16.3. The Morgan fingerprint density at radius 3 is 2.46 bits per heavy atom. The highest BCUT2D eigenvalue weighted by Gasteiger charge is 2.39. The number of anilines is 1. The molecule has 1 N–H and O–H groups in total. The van der Waals surface area contributed by atoms with Crippen molar-refractivity contribution in [2.75, 3.05) is 11.9 Å². The summed E-state index contributed by atoms with van der Waals surface area (Å²) in [5.74, 6) is -0.510. The first-order chi connectivity index (χ1) is 13.6. The van der Waals surface area contributed by atoms with Gasteiger partial charge in [0, 0.05) is 17.1 Å². The maximum atomic E-state index is 13.1. The van der Waals surface area contributed by atoms with Crippen LogP contribution < -0.4 is 5.32 Å². The Kier molecular flexibility index (Phi) is 5.08. The number of hydrogen-bond acceptors (Lipinski definition) is 4. The molecule has 5 heteroatoms. The van der Waals surface area contributed by atoms with Crippen LogP contribution in [0.5, 0.6) is 0 Å². The highest BCUT2D eigenvalue weighted by molar-refractivity contribution is 7.11. The molecule has 28 heavy (non-hydrogen) atoms. The molecular formula is C23H20N2O2S. The smallest absolute Gasteiger partial charge is 0.278 e. The van der Waals surface area contributed by atoms with Crippen molar-refractivity contribution in [2.24, 2.45) is 0 Å². The van der Waals surface area contributed by atoms with Crippen LogP contribution >= 0.6 is 11.3 Å². The highest BCUT2D eigenvalue weighted by atomic mass is 32.1. The van der Waals surface area contributed by atoms with Crippen LogP contribution in [0.1, 0.15) is 16.0 Å². The maximum Gasteiger partial charge on any atom is 0.278 e. The van der Waals surface area contributed by atoms with Gasteiger partial charge in [-0.25, -0.2) is 0 Å². The molecular weight excluding hydrogens is 368 g/mol. The van der Waals surface area contributed by atoms with Gasteiger partial charge in [-0.3, -0.25) is 14.5 Å². The van der Waals surface area contributed by atoms with Gasteiger partial charge in [-0.1, -0.05) is 48.5 Å². The second-order valence-corrected chi connectivity index (χ2v) is 7.67. The van der Waals surface area contributed by atoms with Crippen molar-refractivity contribution in [1.29, 1.82) is 0 Å². The predicted molar refractivity (Wildman–Crippen MR) is 113 cm³/mol. The van der Waals surface area contributed by atoms with Crippen LogP contribution in [0, 0.1) is 6.92 Å². The average Bonchev–Trinajstić information content (AvgIpc) is 3.29. The van der Waals surface area contributed by atoms with E-state index in [9.17, 15) is 9.59 Å². The first-order valence-electron chi connectivity index (χ1n) is 9.15. The Hall–Kier alpha value is -3.18. The van der Waals surface area contributed by atoms with E-state index in [1.54, 1.807) is 0 Å². The fourth-order valence-corrected chi connectivity index (χ4v) is 4.07. The Morgan fingerprint density at radius 2 is 1.75 bits per heavy atom. The van der Waals surface area contributed by atoms with Crippen molar-refractivity contribution < 1.29 is 9.59 Å². The fraction of sp³-hybridized carbons (Fsp3) is 0.130. The molecule has 0 fully saturated rings. The Morgan fingerprint density at radius 1 is 0.929 bits per heavy atom. The van der Waals surface area contributed by atoms with E-state index < -0.39 is 0 Å². The summed E-state index contributed by atoms with van der Waals surface area (Å²) in [5, 5.41) is 5.12. The Balaban J connectivity index is 1.64. The van der Waals surface area contributed by atoms with E-state index in [2.05, 4.69) is 5.32 Å². The summed E-state index contributed by atoms with van der Waals surface area (Å²) in [5.41, 5.74) is 3.79. The van der Waals surface area contributed by atoms with Crippen LogP contribution in [0.15, 0.2) is 77.8 Å². The third kappa shape index (κ3) is 3.62. The van der Waals surface area contributed by atoms with Crippen LogP contribution in [0.3, 0.4) is 0 Å². The largest absolute Gasteiger partial charge is 0.350 e. The molecule has 3 aromatic rings. The number of carbonyl (C=O) groups is 2. The lowest BCUT2D eigenvalue weighted by atomic mass is 10.1. The molecule has 0 aliphatic carbocycles. The minimum Gasteiger partial charge on any atom is -0.350 e. The lowest BCUT2D eigenvalue weighted by Crippen LogP contribution is -2.34. The van der Waals surface area contributed by atoms with Gasteiger partial charge in [-0.15, -0.1) is 11.3 Å². The van der Waals surface area contributed by atoms with Crippen LogP contribution in [0.25, 0.3) is 5.57 Å². The monoisotopic (exact) mass is 388 g/mol. The summed E-state index contributed by atoms with van der Waals surface area (Å²) < 4.78 is 0. The molecule has 0 unspecified atom stereocenters. The number of carbonyl (C=O) groups excluding carboxylic acids is 2. The lowest BCUT2D eigenvalue weighted by molar-refractivity contribution is -0.136. The molecule has 0 saturated carbocycles. The van der Waals surface area contributed by atoms with Gasteiger partial charge in [0.25, 0.3) is 11.8 Å². The number of imide groups is 1. The van der Waals surface area contributed by atoms with Gasteiger partial charge in [0.15, 0.2) is 0 Å². The molecule has 1 aromatic heterocycles. The zero-order valence-electron chi connectivity index (χ0n) is 15.5. The molecule has 0 atom stereocenters. The van der Waals surface area contributed by atoms with Crippen LogP contribution in [-0.4, -0.2) is 23.3 Å². The van der Waals surface area contributed by atoms with Gasteiger partial charge in [0.2, 0.25) is 0 Å². The first-order valence-corrected chi connectivity index (χ1v) is 10.0. The normalized spacial score (nSPS) is 14.1. The number of aryl methyl sites for hydroxylation is 1. The summed E-state index contributed by atoms with van der Waals surface area (Å²) in [4.78, 5) is 28.4. The van der Waals surface area contributed by atoms with Crippen molar-refractivity contribution in [3.05, 3.63) is 93.8 Å². The topological polar surface area (TPSA) is 49.4 Å². The minimum absolute atomic E-state index is 0.237. The second-order valence-electron chi connectivity index (χ2n) is 6.72. The van der Waals surface area contributed by atoms with Crippen molar-refractivity contribution in [1.82, 2.24) is 4.90 Å². The fourth-order valence-electron chi connectivity index (χ4n) is 3.30. The number of nitrogens with one attached hydrogen (secondary N) is 1. The minimum atomic E-state index is -0.272. The number of nitrogens with zero attached hydrogens (tertiary/aromatic N) is 1. The third-order valence-corrected chi connectivity index (χ3v) is 5.58. The summed E-state index contributed by atoms with van der Waals surface area (Å²) in [7, 11) is 0. The van der Waals surface area contributed by atoms with Gasteiger partial charge >= 0.3 is 0 Å². The third-order valence-electron chi connectivity index (χ3n) is 4.69. The van der Waals surface area contributed by atoms with Gasteiger partial charge in [0.1, 0.15) is 5.70 Å². The average molecular weight is 388 g/mol. The van der Waals surface area contributed by atoms with E-state index in [0.29, 0.717) is 24.2 Å². The maximum absolute atomic E-state index is 13.1. The highest BCUT2D eigenvalue weighted by Crippen LogP contribution is 2.33. The molecule has 2 heterocycles. The van der Waals surface area contributed by atoms with Gasteiger partial charge < -0.3 is 5.32 Å². The second kappa shape index (κ2) is 7.82. The van der Waals surface area contributed by atoms with E-state index in [1.807, 2.05) is 79.0 Å². The number of hydrogen-bond donors (Lipinski definition) is 1. The van der Waals surface area contributed by atoms with Gasteiger partial charge in [0.05, 0.1) is 5.57 Å². The van der Waals surface area contributed by atoms with E-state index in [-0.39, 0.29) is 11.8 Å². The Bertz CT molecular complexity index is 1040. The molecule has 1 aliphatic heterocycles. The van der Waals surface area contributed by atoms with Crippen LogP contribution in [0.4, 0.5) is 5.69 Å². The zero-order chi connectivity index (χ0) is 19.5. The van der Waals surface area contributed by atoms with E-state index in [0.717, 1.165) is 21.7 Å². The lowest BCUT2D eigenvalue weighted by Gasteiger charge is -2.15. The van der Waals surface area contributed by atoms with Gasteiger partial charge in [-0.2, -0.15) is 0 Å². The number of benzene rings is 2. The summed E-state index contributed by atoms with van der Waals surface area (Å²) in [6.45, 7) is 2.35. The van der Waals surface area contributed by atoms with Gasteiger partial charge in [-0.05, 0) is 48.1 Å². The molecule has 0 bridgehead atoms. The summed E-state index contributed by atoms with van der Waals surface area (Å²) in [6.07, 6.45) is 0.633. The van der Waals surface area contributed by atoms with Crippen molar-refractivity contribution in [3.63, 3.8) is 0 Å². The molecule has 2 aromatic carbocycles. The summed E-state index contributed by atoms with van der Waals surface area (Å²) in [6, 6.07) is 21.4. The van der Waals surface area contributed by atoms with Crippen molar-refractivity contribution in [2.45, 2.75) is 13.3 Å². The molecule has 140 valence electrons. The number of amides is 2. The standard InChI is InChI=1S/C23H20N2O2S/c1-16-7-5-10-18(15-16)24-21-20(19-11-6-14-28-19)22(26)25(23(21)27)13-12-17-8-3-2-4-9-17/h2-11,14-15,24H,12-13H2,1H3. The molecule has 4 nitrogen and oxygen atoms in total. The van der Waals surface area contributed by atoms with E-state index in [1.165, 1.54) is 16.2 Å². The van der Waals surface area contributed by atoms with E-state index >= 15 is 0 Å². The quantitative estimate of drug-likeness (QED) is 0.633. The number of thiophene rings is 1. The predicted octanol–water partition coefficient (Wildman–Crippen LogP) is 4.49. The molecule has 2 amide bonds. The van der Waals surface area contributed by atoms with Crippen LogP contribution in [0.2, 0.25) is 0 Å². The van der Waals surface area contributed by atoms with Crippen molar-refractivity contribution >= 4 is 34.4 Å². The Labute approximate surface area is 168 Å². The SMILES string of the molecule is Cc1cccc(NC2=C(c3cccs3)C(=O)N(CCc3ccccc3)C2=O)c1. The summed E-state index contributed by atoms with van der Waals surface area (Å²) >= 11 is 1.46. The molecule has 0 saturated heterocycles. The molecule has 4 rings (SSSR count). The van der Waals surface area contributed by atoms with E-state index in [4.69, 9.17) is 0 Å². The molecule has 1 aliphatic rings. The number of rotatable bonds is 6. The van der Waals surface area contributed by atoms with Crippen LogP contribution in [-0.2, 0) is 16.0 Å². The first kappa shape index (κ1) is 18.2. The molecule has 0 radical (unpaired) electrons.